The van der Waals surface area contributed by atoms with Crippen LogP contribution in [0.2, 0.25) is 0 Å². The van der Waals surface area contributed by atoms with Gasteiger partial charge in [0, 0.05) is 49.9 Å². The molecule has 1 aromatic heterocycles. The molecule has 1 N–H and O–H groups in total. The fraction of sp³-hybridized carbons (Fsp3) is 0.360. The van der Waals surface area contributed by atoms with Gasteiger partial charge in [0.05, 0.1) is 0 Å². The summed E-state index contributed by atoms with van der Waals surface area (Å²) in [6, 6.07) is 18.1. The van der Waals surface area contributed by atoms with Gasteiger partial charge < -0.3 is 15.1 Å². The van der Waals surface area contributed by atoms with E-state index in [1.807, 2.05) is 35.2 Å². The van der Waals surface area contributed by atoms with Crippen molar-refractivity contribution < 1.29 is 9.59 Å². The van der Waals surface area contributed by atoms with E-state index in [4.69, 9.17) is 0 Å². The number of aromatic nitrogens is 2. The number of nitrogens with one attached hydrogen (secondary N) is 1. The number of piperazine rings is 1. The number of rotatable bonds is 7. The van der Waals surface area contributed by atoms with Gasteiger partial charge in [-0.2, -0.15) is 0 Å². The third-order valence-corrected chi connectivity index (χ3v) is 6.77. The topological polar surface area (TPSA) is 78.4 Å². The van der Waals surface area contributed by atoms with Crippen LogP contribution in [0.5, 0.6) is 0 Å². The van der Waals surface area contributed by atoms with E-state index < -0.39 is 0 Å². The first-order valence-corrected chi connectivity index (χ1v) is 12.1. The second-order valence-corrected chi connectivity index (χ2v) is 9.46. The van der Waals surface area contributed by atoms with E-state index in [1.165, 1.54) is 22.6 Å². The quantitative estimate of drug-likeness (QED) is 0.569. The fourth-order valence-electron chi connectivity index (χ4n) is 4.08. The molecule has 7 nitrogen and oxygen atoms in total. The molecule has 1 aliphatic heterocycles. The standard InChI is InChI=1S/C25H29N5O2S/c1-18-8-6-11-21(16-18)30-15-14-29(17-19(30)2)23(31)13-7-12-22-27-28-25(33-22)24(32)26-20-9-4-3-5-10-20/h3-6,8-11,16,19H,7,12-15,17H2,1-2H3,(H,26,32)/t19-/m1/s1. The van der Waals surface area contributed by atoms with E-state index in [2.05, 4.69) is 58.5 Å². The van der Waals surface area contributed by atoms with Gasteiger partial charge in [0.15, 0.2) is 0 Å². The van der Waals surface area contributed by atoms with Gasteiger partial charge in [-0.05, 0) is 50.1 Å². The van der Waals surface area contributed by atoms with E-state index in [0.717, 1.165) is 30.3 Å². The lowest BCUT2D eigenvalue weighted by Crippen LogP contribution is -2.53. The number of carbonyl (C=O) groups is 2. The van der Waals surface area contributed by atoms with E-state index in [-0.39, 0.29) is 17.9 Å². The summed E-state index contributed by atoms with van der Waals surface area (Å²) < 4.78 is 0. The Morgan fingerprint density at radius 1 is 1.09 bits per heavy atom. The summed E-state index contributed by atoms with van der Waals surface area (Å²) >= 11 is 1.28. The van der Waals surface area contributed by atoms with Crippen LogP contribution in [0, 0.1) is 6.92 Å². The molecule has 2 amide bonds. The average molecular weight is 464 g/mol. The zero-order chi connectivity index (χ0) is 23.2. The van der Waals surface area contributed by atoms with Crippen molar-refractivity contribution in [3.8, 4) is 0 Å². The zero-order valence-corrected chi connectivity index (χ0v) is 19.8. The van der Waals surface area contributed by atoms with Crippen molar-refractivity contribution in [1.29, 1.82) is 0 Å². The van der Waals surface area contributed by atoms with Crippen LogP contribution in [0.15, 0.2) is 54.6 Å². The van der Waals surface area contributed by atoms with Crippen LogP contribution in [-0.4, -0.2) is 52.6 Å². The highest BCUT2D eigenvalue weighted by Crippen LogP contribution is 2.22. The van der Waals surface area contributed by atoms with E-state index in [9.17, 15) is 9.59 Å². The summed E-state index contributed by atoms with van der Waals surface area (Å²) in [5.41, 5.74) is 3.19. The van der Waals surface area contributed by atoms with Gasteiger partial charge >= 0.3 is 0 Å². The molecule has 3 aromatic rings. The van der Waals surface area contributed by atoms with Crippen molar-refractivity contribution in [1.82, 2.24) is 15.1 Å². The number of amides is 2. The highest BCUT2D eigenvalue weighted by atomic mass is 32.1. The number of nitrogens with zero attached hydrogens (tertiary/aromatic N) is 4. The number of hydrogen-bond donors (Lipinski definition) is 1. The zero-order valence-electron chi connectivity index (χ0n) is 19.0. The lowest BCUT2D eigenvalue weighted by Gasteiger charge is -2.41. The van der Waals surface area contributed by atoms with Crippen molar-refractivity contribution in [3.63, 3.8) is 0 Å². The first-order valence-electron chi connectivity index (χ1n) is 11.3. The third kappa shape index (κ3) is 5.96. The van der Waals surface area contributed by atoms with Crippen LogP contribution in [0.25, 0.3) is 0 Å². The minimum absolute atomic E-state index is 0.178. The van der Waals surface area contributed by atoms with Crippen LogP contribution in [0.4, 0.5) is 11.4 Å². The van der Waals surface area contributed by atoms with Gasteiger partial charge in [0.2, 0.25) is 10.9 Å². The fourth-order valence-corrected chi connectivity index (χ4v) is 4.85. The Hall–Kier alpha value is -3.26. The number of para-hydroxylation sites is 1. The van der Waals surface area contributed by atoms with Crippen LogP contribution in [0.3, 0.4) is 0 Å². The Balaban J connectivity index is 1.23. The summed E-state index contributed by atoms with van der Waals surface area (Å²) in [4.78, 5) is 29.4. The highest BCUT2D eigenvalue weighted by Gasteiger charge is 2.26. The van der Waals surface area contributed by atoms with Crippen molar-refractivity contribution in [2.45, 2.75) is 39.2 Å². The molecule has 2 heterocycles. The molecule has 0 radical (unpaired) electrons. The predicted octanol–water partition coefficient (Wildman–Crippen LogP) is 4.16. The van der Waals surface area contributed by atoms with Gasteiger partial charge in [-0.25, -0.2) is 0 Å². The molecule has 0 saturated carbocycles. The monoisotopic (exact) mass is 463 g/mol. The molecule has 0 aliphatic carbocycles. The molecular formula is C25H29N5O2S. The largest absolute Gasteiger partial charge is 0.365 e. The Morgan fingerprint density at radius 3 is 2.67 bits per heavy atom. The van der Waals surface area contributed by atoms with Gasteiger partial charge in [-0.3, -0.25) is 9.59 Å². The maximum atomic E-state index is 12.8. The van der Waals surface area contributed by atoms with Crippen LogP contribution in [0.1, 0.15) is 40.1 Å². The minimum atomic E-state index is -0.263. The molecule has 0 spiro atoms. The molecule has 172 valence electrons. The van der Waals surface area contributed by atoms with E-state index in [1.54, 1.807) is 0 Å². The second kappa shape index (κ2) is 10.6. The molecule has 1 atom stereocenters. The Kier molecular flexibility index (Phi) is 7.34. The molecule has 33 heavy (non-hydrogen) atoms. The van der Waals surface area contributed by atoms with Gasteiger partial charge in [0.1, 0.15) is 5.01 Å². The van der Waals surface area contributed by atoms with Gasteiger partial charge in [-0.1, -0.05) is 41.7 Å². The van der Waals surface area contributed by atoms with Gasteiger partial charge in [0.25, 0.3) is 5.91 Å². The summed E-state index contributed by atoms with van der Waals surface area (Å²) in [7, 11) is 0. The second-order valence-electron chi connectivity index (χ2n) is 8.40. The predicted molar refractivity (Wildman–Crippen MR) is 132 cm³/mol. The van der Waals surface area contributed by atoms with Crippen LogP contribution >= 0.6 is 11.3 Å². The third-order valence-electron chi connectivity index (χ3n) is 5.79. The summed E-state index contributed by atoms with van der Waals surface area (Å²) in [6.45, 7) is 6.58. The molecule has 1 fully saturated rings. The molecule has 2 aromatic carbocycles. The minimum Gasteiger partial charge on any atom is -0.365 e. The van der Waals surface area contributed by atoms with Crippen molar-refractivity contribution in [2.24, 2.45) is 0 Å². The highest BCUT2D eigenvalue weighted by molar-refractivity contribution is 7.13. The van der Waals surface area contributed by atoms with Crippen molar-refractivity contribution in [2.75, 3.05) is 29.9 Å². The number of hydrogen-bond acceptors (Lipinski definition) is 6. The van der Waals surface area contributed by atoms with Gasteiger partial charge in [-0.15, -0.1) is 10.2 Å². The molecule has 8 heteroatoms. The van der Waals surface area contributed by atoms with E-state index in [0.29, 0.717) is 24.3 Å². The molecule has 1 saturated heterocycles. The maximum absolute atomic E-state index is 12.8. The number of benzene rings is 2. The Morgan fingerprint density at radius 2 is 1.91 bits per heavy atom. The first-order chi connectivity index (χ1) is 16.0. The maximum Gasteiger partial charge on any atom is 0.286 e. The number of anilines is 2. The Labute approximate surface area is 198 Å². The molecule has 0 unspecified atom stereocenters. The van der Waals surface area contributed by atoms with E-state index >= 15 is 0 Å². The van der Waals surface area contributed by atoms with Crippen molar-refractivity contribution >= 4 is 34.5 Å². The summed E-state index contributed by atoms with van der Waals surface area (Å²) in [5, 5.41) is 12.1. The lowest BCUT2D eigenvalue weighted by atomic mass is 10.1. The average Bonchev–Trinajstić information content (AvgIpc) is 3.29. The molecule has 4 rings (SSSR count). The Bertz CT molecular complexity index is 1100. The molecule has 1 aliphatic rings. The first kappa shape index (κ1) is 22.9. The number of carbonyl (C=O) groups excluding carboxylic acids is 2. The summed E-state index contributed by atoms with van der Waals surface area (Å²) in [6.07, 6.45) is 1.81. The lowest BCUT2D eigenvalue weighted by molar-refractivity contribution is -0.132. The smallest absolute Gasteiger partial charge is 0.286 e. The molecule has 0 bridgehead atoms. The summed E-state index contributed by atoms with van der Waals surface area (Å²) in [5.74, 6) is -0.0844. The normalized spacial score (nSPS) is 16.0. The van der Waals surface area contributed by atoms with Crippen molar-refractivity contribution in [3.05, 3.63) is 70.2 Å². The van der Waals surface area contributed by atoms with Crippen LogP contribution in [-0.2, 0) is 11.2 Å². The SMILES string of the molecule is Cc1cccc(N2CCN(C(=O)CCCc3nnc(C(=O)Nc4ccccc4)s3)C[C@H]2C)c1. The number of aryl methyl sites for hydroxylation is 2. The molecular weight excluding hydrogens is 434 g/mol. The van der Waals surface area contributed by atoms with Crippen LogP contribution < -0.4 is 10.2 Å².